The lowest BCUT2D eigenvalue weighted by molar-refractivity contribution is 0.435. The van der Waals surface area contributed by atoms with Crippen LogP contribution in [0.15, 0.2) is 10.7 Å². The standard InChI is InChI=1S/C13H17BrN4/c1-8-7-16-18-12(15)10(14)11(17-13(8)18)9-5-3-2-4-6-9/h7,9H,2-6,15H2,1H3. The number of nitrogens with two attached hydrogens (primary N) is 1. The largest absolute Gasteiger partial charge is 0.383 e. The SMILES string of the molecule is Cc1cnn2c(N)c(Br)c(C3CCCCC3)nc12. The number of halogens is 1. The monoisotopic (exact) mass is 308 g/mol. The van der Waals surface area contributed by atoms with Gasteiger partial charge in [-0.15, -0.1) is 0 Å². The molecule has 18 heavy (non-hydrogen) atoms. The third-order valence-electron chi connectivity index (χ3n) is 3.82. The van der Waals surface area contributed by atoms with Crippen molar-refractivity contribution in [2.75, 3.05) is 5.73 Å². The van der Waals surface area contributed by atoms with Crippen molar-refractivity contribution in [1.29, 1.82) is 0 Å². The van der Waals surface area contributed by atoms with Gasteiger partial charge in [0.2, 0.25) is 0 Å². The number of anilines is 1. The molecule has 0 spiro atoms. The quantitative estimate of drug-likeness (QED) is 0.878. The lowest BCUT2D eigenvalue weighted by Crippen LogP contribution is -2.11. The zero-order valence-electron chi connectivity index (χ0n) is 10.5. The number of aromatic nitrogens is 3. The summed E-state index contributed by atoms with van der Waals surface area (Å²) in [7, 11) is 0. The molecule has 1 aliphatic carbocycles. The van der Waals surface area contributed by atoms with Gasteiger partial charge in [-0.25, -0.2) is 4.98 Å². The highest BCUT2D eigenvalue weighted by Crippen LogP contribution is 2.37. The zero-order valence-corrected chi connectivity index (χ0v) is 12.1. The van der Waals surface area contributed by atoms with E-state index in [1.54, 1.807) is 4.52 Å². The Morgan fingerprint density at radius 1 is 1.33 bits per heavy atom. The molecule has 4 nitrogen and oxygen atoms in total. The van der Waals surface area contributed by atoms with Crippen LogP contribution in [-0.2, 0) is 0 Å². The summed E-state index contributed by atoms with van der Waals surface area (Å²) in [6.07, 6.45) is 8.18. The summed E-state index contributed by atoms with van der Waals surface area (Å²) in [6, 6.07) is 0. The molecule has 2 heterocycles. The van der Waals surface area contributed by atoms with E-state index in [4.69, 9.17) is 10.7 Å². The zero-order chi connectivity index (χ0) is 12.7. The minimum absolute atomic E-state index is 0.537. The van der Waals surface area contributed by atoms with Crippen molar-refractivity contribution in [1.82, 2.24) is 14.6 Å². The molecule has 1 fully saturated rings. The number of nitrogen functional groups attached to an aromatic ring is 1. The van der Waals surface area contributed by atoms with Gasteiger partial charge in [-0.3, -0.25) is 0 Å². The van der Waals surface area contributed by atoms with E-state index in [0.717, 1.165) is 21.4 Å². The van der Waals surface area contributed by atoms with E-state index in [1.807, 2.05) is 13.1 Å². The van der Waals surface area contributed by atoms with E-state index < -0.39 is 0 Å². The van der Waals surface area contributed by atoms with Crippen LogP contribution in [0.4, 0.5) is 5.82 Å². The summed E-state index contributed by atoms with van der Waals surface area (Å²) in [5.41, 5.74) is 9.23. The first-order valence-corrected chi connectivity index (χ1v) is 7.27. The fraction of sp³-hybridized carbons (Fsp3) is 0.538. The average molecular weight is 309 g/mol. The Kier molecular flexibility index (Phi) is 3.01. The average Bonchev–Trinajstić information content (AvgIpc) is 2.77. The molecule has 0 aromatic carbocycles. The molecule has 5 heteroatoms. The van der Waals surface area contributed by atoms with Crippen molar-refractivity contribution < 1.29 is 0 Å². The molecule has 0 bridgehead atoms. The Morgan fingerprint density at radius 2 is 2.06 bits per heavy atom. The van der Waals surface area contributed by atoms with Crippen molar-refractivity contribution in [3.63, 3.8) is 0 Å². The smallest absolute Gasteiger partial charge is 0.160 e. The minimum atomic E-state index is 0.537. The molecule has 2 N–H and O–H groups in total. The molecule has 1 aliphatic rings. The van der Waals surface area contributed by atoms with E-state index in [-0.39, 0.29) is 0 Å². The van der Waals surface area contributed by atoms with Gasteiger partial charge in [0.25, 0.3) is 0 Å². The van der Waals surface area contributed by atoms with Gasteiger partial charge in [0.05, 0.1) is 16.4 Å². The molecule has 0 atom stereocenters. The second-order valence-corrected chi connectivity index (χ2v) is 5.89. The van der Waals surface area contributed by atoms with Crippen LogP contribution in [0.1, 0.15) is 49.3 Å². The Morgan fingerprint density at radius 3 is 2.78 bits per heavy atom. The molecule has 0 saturated heterocycles. The maximum absolute atomic E-state index is 6.15. The summed E-state index contributed by atoms with van der Waals surface area (Å²) in [4.78, 5) is 4.79. The van der Waals surface area contributed by atoms with Crippen LogP contribution in [0, 0.1) is 6.92 Å². The van der Waals surface area contributed by atoms with Crippen molar-refractivity contribution in [3.8, 4) is 0 Å². The van der Waals surface area contributed by atoms with Crippen LogP contribution in [0.25, 0.3) is 5.65 Å². The molecule has 3 rings (SSSR count). The maximum Gasteiger partial charge on any atom is 0.160 e. The Balaban J connectivity index is 2.15. The van der Waals surface area contributed by atoms with Gasteiger partial charge in [0.15, 0.2) is 5.65 Å². The molecule has 2 aromatic rings. The topological polar surface area (TPSA) is 56.2 Å². The first-order chi connectivity index (χ1) is 8.68. The highest BCUT2D eigenvalue weighted by Gasteiger charge is 2.22. The van der Waals surface area contributed by atoms with Crippen molar-refractivity contribution in [2.45, 2.75) is 44.9 Å². The lowest BCUT2D eigenvalue weighted by Gasteiger charge is -2.22. The van der Waals surface area contributed by atoms with Gasteiger partial charge in [-0.1, -0.05) is 19.3 Å². The van der Waals surface area contributed by atoms with Crippen LogP contribution in [-0.4, -0.2) is 14.6 Å². The first-order valence-electron chi connectivity index (χ1n) is 6.47. The van der Waals surface area contributed by atoms with Gasteiger partial charge in [0.1, 0.15) is 5.82 Å². The predicted octanol–water partition coefficient (Wildman–Crippen LogP) is 3.43. The maximum atomic E-state index is 6.15. The molecule has 2 aromatic heterocycles. The first kappa shape index (κ1) is 12.0. The molecular formula is C13H17BrN4. The third kappa shape index (κ3) is 1.81. The Labute approximate surface area is 115 Å². The lowest BCUT2D eigenvalue weighted by atomic mass is 9.87. The third-order valence-corrected chi connectivity index (χ3v) is 4.63. The van der Waals surface area contributed by atoms with E-state index in [2.05, 4.69) is 21.0 Å². The van der Waals surface area contributed by atoms with Crippen LogP contribution in [0.5, 0.6) is 0 Å². The minimum Gasteiger partial charge on any atom is -0.383 e. The number of nitrogens with zero attached hydrogens (tertiary/aromatic N) is 3. The van der Waals surface area contributed by atoms with Crippen LogP contribution < -0.4 is 5.73 Å². The molecule has 96 valence electrons. The number of aryl methyl sites for hydroxylation is 1. The Bertz CT molecular complexity index is 584. The van der Waals surface area contributed by atoms with Gasteiger partial charge in [-0.05, 0) is 35.7 Å². The summed E-state index contributed by atoms with van der Waals surface area (Å²) >= 11 is 3.60. The fourth-order valence-electron chi connectivity index (χ4n) is 2.77. The molecule has 1 saturated carbocycles. The van der Waals surface area contributed by atoms with Crippen LogP contribution >= 0.6 is 15.9 Å². The van der Waals surface area contributed by atoms with Gasteiger partial charge in [0, 0.05) is 11.5 Å². The van der Waals surface area contributed by atoms with Crippen molar-refractivity contribution in [2.24, 2.45) is 0 Å². The Hall–Kier alpha value is -1.10. The normalized spacial score (nSPS) is 17.4. The number of hydrogen-bond donors (Lipinski definition) is 1. The second-order valence-electron chi connectivity index (χ2n) is 5.09. The van der Waals surface area contributed by atoms with Crippen molar-refractivity contribution in [3.05, 3.63) is 21.9 Å². The van der Waals surface area contributed by atoms with Gasteiger partial charge < -0.3 is 5.73 Å². The highest BCUT2D eigenvalue weighted by molar-refractivity contribution is 9.10. The summed E-state index contributed by atoms with van der Waals surface area (Å²) < 4.78 is 2.64. The molecule has 0 radical (unpaired) electrons. The summed E-state index contributed by atoms with van der Waals surface area (Å²) in [6.45, 7) is 2.02. The molecule has 0 amide bonds. The van der Waals surface area contributed by atoms with Gasteiger partial charge in [-0.2, -0.15) is 9.61 Å². The van der Waals surface area contributed by atoms with Crippen LogP contribution in [0.2, 0.25) is 0 Å². The molecule has 0 aliphatic heterocycles. The summed E-state index contributed by atoms with van der Waals surface area (Å²) in [5, 5.41) is 4.26. The molecular weight excluding hydrogens is 292 g/mol. The second kappa shape index (κ2) is 4.53. The van der Waals surface area contributed by atoms with Crippen LogP contribution in [0.3, 0.4) is 0 Å². The summed E-state index contributed by atoms with van der Waals surface area (Å²) in [5.74, 6) is 1.20. The van der Waals surface area contributed by atoms with Gasteiger partial charge >= 0.3 is 0 Å². The molecule has 0 unspecified atom stereocenters. The van der Waals surface area contributed by atoms with E-state index in [1.165, 1.54) is 32.1 Å². The van der Waals surface area contributed by atoms with E-state index in [0.29, 0.717) is 11.7 Å². The number of rotatable bonds is 1. The van der Waals surface area contributed by atoms with E-state index >= 15 is 0 Å². The number of fused-ring (bicyclic) bond motifs is 1. The fourth-order valence-corrected chi connectivity index (χ4v) is 3.35. The van der Waals surface area contributed by atoms with E-state index in [9.17, 15) is 0 Å². The predicted molar refractivity (Wildman–Crippen MR) is 75.7 cm³/mol. The number of hydrogen-bond acceptors (Lipinski definition) is 3. The van der Waals surface area contributed by atoms with Crippen molar-refractivity contribution >= 4 is 27.4 Å². The highest BCUT2D eigenvalue weighted by atomic mass is 79.9.